The van der Waals surface area contributed by atoms with Crippen molar-refractivity contribution in [1.29, 1.82) is 5.26 Å². The van der Waals surface area contributed by atoms with Crippen molar-refractivity contribution in [2.75, 3.05) is 0 Å². The van der Waals surface area contributed by atoms with Crippen LogP contribution < -0.4 is 4.74 Å². The molecule has 0 aliphatic heterocycles. The number of nitriles is 1. The van der Waals surface area contributed by atoms with Gasteiger partial charge in [-0.15, -0.1) is 11.3 Å². The lowest BCUT2D eigenvalue weighted by Crippen LogP contribution is -1.95. The van der Waals surface area contributed by atoms with Crippen molar-refractivity contribution in [3.05, 3.63) is 95.5 Å². The Balaban J connectivity index is 1.40. The minimum atomic E-state index is 0.444. The van der Waals surface area contributed by atoms with Crippen LogP contribution in [0.4, 0.5) is 0 Å². The van der Waals surface area contributed by atoms with E-state index in [0.717, 1.165) is 33.1 Å². The first-order valence-electron chi connectivity index (χ1n) is 8.55. The number of nitrogens with zero attached hydrogens (tertiary/aromatic N) is 2. The number of hydrogen-bond acceptors (Lipinski definition) is 4. The fraction of sp³-hybridized carbons (Fsp3) is 0.0435. The maximum absolute atomic E-state index is 8.88. The number of ether oxygens (including phenoxy) is 1. The van der Waals surface area contributed by atoms with Crippen molar-refractivity contribution < 1.29 is 4.74 Å². The van der Waals surface area contributed by atoms with Crippen molar-refractivity contribution in [3.63, 3.8) is 0 Å². The summed E-state index contributed by atoms with van der Waals surface area (Å²) in [5.74, 6) is 0.807. The van der Waals surface area contributed by atoms with Crippen LogP contribution in [0.25, 0.3) is 21.7 Å². The van der Waals surface area contributed by atoms with Crippen LogP contribution in [0.1, 0.15) is 11.3 Å². The lowest BCUT2D eigenvalue weighted by atomic mass is 10.0. The van der Waals surface area contributed by atoms with Gasteiger partial charge in [-0.1, -0.05) is 54.6 Å². The average Bonchev–Trinajstić information content (AvgIpc) is 3.22. The van der Waals surface area contributed by atoms with E-state index in [1.807, 2.05) is 72.1 Å². The van der Waals surface area contributed by atoms with Gasteiger partial charge in [-0.05, 0) is 35.4 Å². The van der Waals surface area contributed by atoms with E-state index >= 15 is 0 Å². The lowest BCUT2D eigenvalue weighted by Gasteiger charge is -2.06. The number of benzene rings is 3. The Morgan fingerprint density at radius 2 is 1.48 bits per heavy atom. The largest absolute Gasteiger partial charge is 0.487 e. The summed E-state index contributed by atoms with van der Waals surface area (Å²) in [5.41, 5.74) is 4.88. The number of thiazole rings is 1. The first-order valence-corrected chi connectivity index (χ1v) is 9.43. The molecule has 3 aromatic carbocycles. The average molecular weight is 368 g/mol. The van der Waals surface area contributed by atoms with Gasteiger partial charge >= 0.3 is 0 Å². The molecule has 0 aliphatic carbocycles. The summed E-state index contributed by atoms with van der Waals surface area (Å²) >= 11 is 1.63. The third-order valence-corrected chi connectivity index (χ3v) is 5.10. The molecule has 0 N–H and O–H groups in total. The maximum Gasteiger partial charge on any atom is 0.131 e. The molecule has 4 rings (SSSR count). The van der Waals surface area contributed by atoms with E-state index in [-0.39, 0.29) is 0 Å². The fourth-order valence-electron chi connectivity index (χ4n) is 2.72. The van der Waals surface area contributed by atoms with Gasteiger partial charge in [0.25, 0.3) is 0 Å². The van der Waals surface area contributed by atoms with Gasteiger partial charge in [0.2, 0.25) is 0 Å². The molecule has 0 atom stereocenters. The minimum Gasteiger partial charge on any atom is -0.487 e. The number of aromatic nitrogens is 1. The van der Waals surface area contributed by atoms with Gasteiger partial charge < -0.3 is 4.74 Å². The maximum atomic E-state index is 8.88. The SMILES string of the molecule is N#Cc1ccc(-c2ccc(OCc3csc(-c4ccccc4)n3)cc2)cc1. The van der Waals surface area contributed by atoms with Gasteiger partial charge in [0.15, 0.2) is 0 Å². The molecule has 0 saturated heterocycles. The standard InChI is InChI=1S/C23H16N2OS/c24-14-17-6-8-18(9-7-17)19-10-12-22(13-11-19)26-15-21-16-27-23(25-21)20-4-2-1-3-5-20/h1-13,16H,15H2. The summed E-state index contributed by atoms with van der Waals surface area (Å²) in [5, 5.41) is 11.9. The number of rotatable bonds is 5. The number of hydrogen-bond donors (Lipinski definition) is 0. The van der Waals surface area contributed by atoms with E-state index in [4.69, 9.17) is 10.00 Å². The van der Waals surface area contributed by atoms with Gasteiger partial charge in [0.05, 0.1) is 17.3 Å². The molecule has 0 aliphatic rings. The van der Waals surface area contributed by atoms with Crippen molar-refractivity contribution >= 4 is 11.3 Å². The Bertz CT molecular complexity index is 1060. The highest BCUT2D eigenvalue weighted by Crippen LogP contribution is 2.25. The highest BCUT2D eigenvalue weighted by molar-refractivity contribution is 7.13. The van der Waals surface area contributed by atoms with E-state index in [1.54, 1.807) is 11.3 Å². The van der Waals surface area contributed by atoms with Crippen LogP contribution in [-0.4, -0.2) is 4.98 Å². The van der Waals surface area contributed by atoms with Crippen molar-refractivity contribution in [2.45, 2.75) is 6.61 Å². The van der Waals surface area contributed by atoms with E-state index in [2.05, 4.69) is 23.2 Å². The van der Waals surface area contributed by atoms with Crippen LogP contribution in [0.3, 0.4) is 0 Å². The van der Waals surface area contributed by atoms with Crippen molar-refractivity contribution in [2.24, 2.45) is 0 Å². The minimum absolute atomic E-state index is 0.444. The molecule has 0 unspecified atom stereocenters. The van der Waals surface area contributed by atoms with Crippen LogP contribution >= 0.6 is 11.3 Å². The summed E-state index contributed by atoms with van der Waals surface area (Å²) in [6.07, 6.45) is 0. The van der Waals surface area contributed by atoms with Crippen LogP contribution in [0.5, 0.6) is 5.75 Å². The lowest BCUT2D eigenvalue weighted by molar-refractivity contribution is 0.302. The van der Waals surface area contributed by atoms with E-state index < -0.39 is 0 Å². The van der Waals surface area contributed by atoms with E-state index in [1.165, 1.54) is 0 Å². The molecule has 0 radical (unpaired) electrons. The smallest absolute Gasteiger partial charge is 0.131 e. The molecule has 0 fully saturated rings. The predicted octanol–water partition coefficient (Wildman–Crippen LogP) is 5.93. The molecule has 27 heavy (non-hydrogen) atoms. The highest BCUT2D eigenvalue weighted by atomic mass is 32.1. The summed E-state index contributed by atoms with van der Waals surface area (Å²) in [4.78, 5) is 4.64. The third-order valence-electron chi connectivity index (χ3n) is 4.16. The zero-order valence-electron chi connectivity index (χ0n) is 14.5. The second kappa shape index (κ2) is 7.86. The summed E-state index contributed by atoms with van der Waals surface area (Å²) in [6.45, 7) is 0.444. The molecule has 130 valence electrons. The van der Waals surface area contributed by atoms with Gasteiger partial charge in [0.1, 0.15) is 17.4 Å². The molecular weight excluding hydrogens is 352 g/mol. The second-order valence-electron chi connectivity index (χ2n) is 6.01. The molecule has 0 amide bonds. The zero-order chi connectivity index (χ0) is 18.5. The molecule has 1 heterocycles. The van der Waals surface area contributed by atoms with Crippen LogP contribution in [0, 0.1) is 11.3 Å². The second-order valence-corrected chi connectivity index (χ2v) is 6.87. The molecule has 0 spiro atoms. The molecule has 3 nitrogen and oxygen atoms in total. The van der Waals surface area contributed by atoms with E-state index in [0.29, 0.717) is 12.2 Å². The highest BCUT2D eigenvalue weighted by Gasteiger charge is 2.05. The van der Waals surface area contributed by atoms with Crippen molar-refractivity contribution in [3.8, 4) is 33.5 Å². The van der Waals surface area contributed by atoms with Gasteiger partial charge in [-0.2, -0.15) is 5.26 Å². The van der Waals surface area contributed by atoms with E-state index in [9.17, 15) is 0 Å². The Labute approximate surface area is 162 Å². The zero-order valence-corrected chi connectivity index (χ0v) is 15.3. The van der Waals surface area contributed by atoms with Crippen molar-refractivity contribution in [1.82, 2.24) is 4.98 Å². The predicted molar refractivity (Wildman–Crippen MR) is 108 cm³/mol. The Morgan fingerprint density at radius 1 is 0.815 bits per heavy atom. The topological polar surface area (TPSA) is 45.9 Å². The molecule has 4 heteroatoms. The normalized spacial score (nSPS) is 10.3. The summed E-state index contributed by atoms with van der Waals surface area (Å²) in [7, 11) is 0. The first kappa shape index (κ1) is 17.0. The quantitative estimate of drug-likeness (QED) is 0.439. The molecule has 0 bridgehead atoms. The molecular formula is C23H16N2OS. The summed E-state index contributed by atoms with van der Waals surface area (Å²) < 4.78 is 5.87. The first-order chi connectivity index (χ1) is 13.3. The van der Waals surface area contributed by atoms with Crippen LogP contribution in [0.15, 0.2) is 84.2 Å². The Kier molecular flexibility index (Phi) is 4.95. The van der Waals surface area contributed by atoms with Crippen LogP contribution in [0.2, 0.25) is 0 Å². The third kappa shape index (κ3) is 4.05. The van der Waals surface area contributed by atoms with Gasteiger partial charge in [0, 0.05) is 10.9 Å². The summed E-state index contributed by atoms with van der Waals surface area (Å²) in [6, 6.07) is 27.8. The monoisotopic (exact) mass is 368 g/mol. The van der Waals surface area contributed by atoms with Crippen LogP contribution in [-0.2, 0) is 6.61 Å². The Hall–Kier alpha value is -3.42. The molecule has 1 aromatic heterocycles. The Morgan fingerprint density at radius 3 is 2.15 bits per heavy atom. The molecule has 0 saturated carbocycles. The fourth-order valence-corrected chi connectivity index (χ4v) is 3.54. The van der Waals surface area contributed by atoms with Gasteiger partial charge in [-0.25, -0.2) is 4.98 Å². The molecule has 4 aromatic rings. The van der Waals surface area contributed by atoms with Gasteiger partial charge in [-0.3, -0.25) is 0 Å².